The second-order valence-electron chi connectivity index (χ2n) is 4.48. The Morgan fingerprint density at radius 3 is 2.22 bits per heavy atom. The van der Waals surface area contributed by atoms with Crippen LogP contribution >= 0.6 is 15.9 Å². The molecule has 0 bridgehead atoms. The number of carboxylic acids is 1. The lowest BCUT2D eigenvalue weighted by atomic mass is 10.1. The minimum atomic E-state index is -4.59. The molecule has 4 nitrogen and oxygen atoms in total. The quantitative estimate of drug-likeness (QED) is 0.880. The van der Waals surface area contributed by atoms with Crippen molar-refractivity contribution in [3.05, 3.63) is 63.6 Å². The molecule has 0 aromatic heterocycles. The van der Waals surface area contributed by atoms with Crippen molar-refractivity contribution in [3.8, 4) is 0 Å². The van der Waals surface area contributed by atoms with Gasteiger partial charge in [0.05, 0.1) is 11.5 Å². The normalized spacial score (nSPS) is 11.1. The number of hydrogen-bond acceptors (Lipinski definition) is 3. The zero-order valence-corrected chi connectivity index (χ0v) is 12.9. The largest absolute Gasteiger partial charge is 0.545 e. The first kappa shape index (κ1) is 17.0. The summed E-state index contributed by atoms with van der Waals surface area (Å²) in [5.41, 5.74) is -1.62. The van der Waals surface area contributed by atoms with Gasteiger partial charge >= 0.3 is 6.18 Å². The highest BCUT2D eigenvalue weighted by Crippen LogP contribution is 2.36. The Morgan fingerprint density at radius 1 is 1.04 bits per heavy atom. The Morgan fingerprint density at radius 2 is 1.65 bits per heavy atom. The maximum absolute atomic E-state index is 12.8. The summed E-state index contributed by atoms with van der Waals surface area (Å²) in [6.45, 7) is 0. The van der Waals surface area contributed by atoms with E-state index < -0.39 is 23.6 Å². The van der Waals surface area contributed by atoms with Crippen LogP contribution in [-0.2, 0) is 6.18 Å². The monoisotopic (exact) mass is 386 g/mol. The standard InChI is InChI=1S/C15H9BrF3NO3/c16-12-6-5-8(7-11(12)15(17,18)19)20-13(21)9-3-1-2-4-10(9)14(22)23/h1-7H,(H,20,21)(H,22,23)/p-1. The molecule has 0 radical (unpaired) electrons. The van der Waals surface area contributed by atoms with E-state index in [9.17, 15) is 27.9 Å². The highest BCUT2D eigenvalue weighted by molar-refractivity contribution is 9.10. The van der Waals surface area contributed by atoms with E-state index in [-0.39, 0.29) is 21.3 Å². The number of alkyl halides is 3. The Hall–Kier alpha value is -2.35. The highest BCUT2D eigenvalue weighted by atomic mass is 79.9. The summed E-state index contributed by atoms with van der Waals surface area (Å²) in [4.78, 5) is 23.1. The Labute approximate surface area is 137 Å². The Bertz CT molecular complexity index is 775. The van der Waals surface area contributed by atoms with Gasteiger partial charge in [0.25, 0.3) is 5.91 Å². The number of hydrogen-bond donors (Lipinski definition) is 1. The van der Waals surface area contributed by atoms with Crippen LogP contribution in [0.15, 0.2) is 46.9 Å². The van der Waals surface area contributed by atoms with E-state index >= 15 is 0 Å². The van der Waals surface area contributed by atoms with Crippen molar-refractivity contribution in [1.29, 1.82) is 0 Å². The predicted octanol–water partition coefficient (Wildman–Crippen LogP) is 3.08. The molecule has 2 aromatic carbocycles. The molecule has 0 saturated heterocycles. The zero-order valence-electron chi connectivity index (χ0n) is 11.3. The van der Waals surface area contributed by atoms with Crippen LogP contribution in [0.25, 0.3) is 0 Å². The number of aromatic carboxylic acids is 1. The van der Waals surface area contributed by atoms with Crippen LogP contribution < -0.4 is 10.4 Å². The van der Waals surface area contributed by atoms with Crippen molar-refractivity contribution >= 4 is 33.5 Å². The molecule has 1 N–H and O–H groups in total. The lowest BCUT2D eigenvalue weighted by molar-refractivity contribution is -0.255. The minimum absolute atomic E-state index is 0.112. The Balaban J connectivity index is 2.34. The van der Waals surface area contributed by atoms with Gasteiger partial charge in [-0.15, -0.1) is 0 Å². The fourth-order valence-electron chi connectivity index (χ4n) is 1.88. The second-order valence-corrected chi connectivity index (χ2v) is 5.33. The lowest BCUT2D eigenvalue weighted by Gasteiger charge is -2.13. The van der Waals surface area contributed by atoms with E-state index in [0.717, 1.165) is 12.1 Å². The number of halogens is 4. The first-order valence-electron chi connectivity index (χ1n) is 6.18. The van der Waals surface area contributed by atoms with Crippen LogP contribution in [0.1, 0.15) is 26.3 Å². The maximum atomic E-state index is 12.8. The van der Waals surface area contributed by atoms with E-state index in [1.165, 1.54) is 30.3 Å². The molecular formula is C15H8BrF3NO3-. The molecule has 0 aliphatic heterocycles. The minimum Gasteiger partial charge on any atom is -0.545 e. The number of benzene rings is 2. The molecule has 1 amide bonds. The van der Waals surface area contributed by atoms with Gasteiger partial charge in [0, 0.05) is 21.3 Å². The van der Waals surface area contributed by atoms with Crippen LogP contribution in [0.4, 0.5) is 18.9 Å². The van der Waals surface area contributed by atoms with Crippen LogP contribution in [-0.4, -0.2) is 11.9 Å². The first-order chi connectivity index (χ1) is 10.7. The van der Waals surface area contributed by atoms with Crippen molar-refractivity contribution in [2.45, 2.75) is 6.18 Å². The summed E-state index contributed by atoms with van der Waals surface area (Å²) < 4.78 is 38.3. The van der Waals surface area contributed by atoms with Gasteiger partial charge in [0.1, 0.15) is 0 Å². The molecule has 120 valence electrons. The molecule has 0 unspecified atom stereocenters. The first-order valence-corrected chi connectivity index (χ1v) is 6.98. The number of nitrogens with one attached hydrogen (secondary N) is 1. The highest BCUT2D eigenvalue weighted by Gasteiger charge is 2.33. The summed E-state index contributed by atoms with van der Waals surface area (Å²) in [6, 6.07) is 8.41. The van der Waals surface area contributed by atoms with Crippen molar-refractivity contribution in [1.82, 2.24) is 0 Å². The molecule has 0 spiro atoms. The third-order valence-corrected chi connectivity index (χ3v) is 3.61. The number of anilines is 1. The van der Waals surface area contributed by atoms with E-state index in [1.807, 2.05) is 0 Å². The van der Waals surface area contributed by atoms with Crippen molar-refractivity contribution in [3.63, 3.8) is 0 Å². The molecule has 0 aliphatic rings. The fourth-order valence-corrected chi connectivity index (χ4v) is 2.35. The number of carbonyl (C=O) groups is 2. The van der Waals surface area contributed by atoms with Gasteiger partial charge in [0.15, 0.2) is 0 Å². The molecule has 0 heterocycles. The molecule has 2 rings (SSSR count). The molecule has 2 aromatic rings. The SMILES string of the molecule is O=C([O-])c1ccccc1C(=O)Nc1ccc(Br)c(C(F)(F)F)c1. The third kappa shape index (κ3) is 3.89. The maximum Gasteiger partial charge on any atom is 0.417 e. The van der Waals surface area contributed by atoms with E-state index in [1.54, 1.807) is 0 Å². The smallest absolute Gasteiger partial charge is 0.417 e. The van der Waals surface area contributed by atoms with Crippen LogP contribution in [0.5, 0.6) is 0 Å². The fraction of sp³-hybridized carbons (Fsp3) is 0.0667. The molecular weight excluding hydrogens is 379 g/mol. The summed E-state index contributed by atoms with van der Waals surface area (Å²) >= 11 is 2.79. The summed E-state index contributed by atoms with van der Waals surface area (Å²) in [6.07, 6.45) is -4.59. The number of amides is 1. The molecule has 8 heteroatoms. The van der Waals surface area contributed by atoms with Gasteiger partial charge in [-0.05, 0) is 24.3 Å². The molecule has 0 aliphatic carbocycles. The van der Waals surface area contributed by atoms with Gasteiger partial charge in [-0.1, -0.05) is 34.1 Å². The summed E-state index contributed by atoms with van der Waals surface area (Å²) in [5, 5.41) is 13.2. The zero-order chi connectivity index (χ0) is 17.2. The summed E-state index contributed by atoms with van der Waals surface area (Å²) in [5.74, 6) is -2.40. The van der Waals surface area contributed by atoms with Gasteiger partial charge in [-0.25, -0.2) is 0 Å². The molecule has 0 saturated carbocycles. The van der Waals surface area contributed by atoms with Crippen molar-refractivity contribution < 1.29 is 27.9 Å². The van der Waals surface area contributed by atoms with Crippen LogP contribution in [0.2, 0.25) is 0 Å². The number of carbonyl (C=O) groups excluding carboxylic acids is 2. The lowest BCUT2D eigenvalue weighted by Crippen LogP contribution is -2.26. The molecule has 23 heavy (non-hydrogen) atoms. The Kier molecular flexibility index (Phi) is 4.74. The van der Waals surface area contributed by atoms with Crippen molar-refractivity contribution in [2.24, 2.45) is 0 Å². The van der Waals surface area contributed by atoms with Crippen LogP contribution in [0, 0.1) is 0 Å². The van der Waals surface area contributed by atoms with Gasteiger partial charge in [-0.2, -0.15) is 13.2 Å². The summed E-state index contributed by atoms with van der Waals surface area (Å²) in [7, 11) is 0. The average Bonchev–Trinajstić information content (AvgIpc) is 2.48. The van der Waals surface area contributed by atoms with Gasteiger partial charge < -0.3 is 15.2 Å². The predicted molar refractivity (Wildman–Crippen MR) is 77.9 cm³/mol. The van der Waals surface area contributed by atoms with Gasteiger partial charge in [-0.3, -0.25) is 4.79 Å². The van der Waals surface area contributed by atoms with Crippen molar-refractivity contribution in [2.75, 3.05) is 5.32 Å². The topological polar surface area (TPSA) is 69.2 Å². The second kappa shape index (κ2) is 6.41. The average molecular weight is 387 g/mol. The third-order valence-electron chi connectivity index (χ3n) is 2.92. The van der Waals surface area contributed by atoms with E-state index in [4.69, 9.17) is 0 Å². The van der Waals surface area contributed by atoms with Gasteiger partial charge in [0.2, 0.25) is 0 Å². The number of rotatable bonds is 3. The van der Waals surface area contributed by atoms with E-state index in [0.29, 0.717) is 0 Å². The van der Waals surface area contributed by atoms with Crippen LogP contribution in [0.3, 0.4) is 0 Å². The number of carboxylic acid groups (broad SMARTS) is 1. The van der Waals surface area contributed by atoms with E-state index in [2.05, 4.69) is 21.2 Å². The molecule has 0 fully saturated rings. The molecule has 0 atom stereocenters.